The monoisotopic (exact) mass is 410 g/mol. The van der Waals surface area contributed by atoms with E-state index in [1.54, 1.807) is 11.9 Å². The Labute approximate surface area is 177 Å². The number of nitrogens with zero attached hydrogens (tertiary/aromatic N) is 2. The van der Waals surface area contributed by atoms with E-state index in [4.69, 9.17) is 4.74 Å². The SMILES string of the molecule is CN(CCCc1ccccc1Sc1cn(C)c2ccccc12)C(=O)OC(C)(C)C. The maximum Gasteiger partial charge on any atom is 0.410 e. The second kappa shape index (κ2) is 8.95. The van der Waals surface area contributed by atoms with E-state index in [2.05, 4.69) is 66.3 Å². The van der Waals surface area contributed by atoms with Crippen molar-refractivity contribution in [1.82, 2.24) is 9.47 Å². The standard InChI is InChI=1S/C24H30N2O2S/c1-24(2,3)28-23(27)25(4)16-10-12-18-11-6-9-15-21(18)29-22-17-26(5)20-14-8-7-13-19(20)22/h6-9,11,13-15,17H,10,12,16H2,1-5H3. The van der Waals surface area contributed by atoms with Gasteiger partial charge in [0, 0.05) is 47.5 Å². The summed E-state index contributed by atoms with van der Waals surface area (Å²) in [6.07, 6.45) is 3.74. The van der Waals surface area contributed by atoms with E-state index in [9.17, 15) is 4.79 Å². The Balaban J connectivity index is 1.66. The lowest BCUT2D eigenvalue weighted by Gasteiger charge is -2.24. The third-order valence-corrected chi connectivity index (χ3v) is 5.86. The van der Waals surface area contributed by atoms with Crippen LogP contribution in [0.1, 0.15) is 32.8 Å². The van der Waals surface area contributed by atoms with Crippen LogP contribution in [0.15, 0.2) is 64.5 Å². The van der Waals surface area contributed by atoms with Gasteiger partial charge in [0.2, 0.25) is 0 Å². The zero-order valence-electron chi connectivity index (χ0n) is 17.9. The quantitative estimate of drug-likeness (QED) is 0.490. The topological polar surface area (TPSA) is 34.5 Å². The van der Waals surface area contributed by atoms with Crippen LogP contribution >= 0.6 is 11.8 Å². The van der Waals surface area contributed by atoms with Crippen LogP contribution in [-0.2, 0) is 18.2 Å². The molecule has 1 aromatic heterocycles. The number of aromatic nitrogens is 1. The van der Waals surface area contributed by atoms with Gasteiger partial charge in [-0.2, -0.15) is 0 Å². The lowest BCUT2D eigenvalue weighted by molar-refractivity contribution is 0.0297. The van der Waals surface area contributed by atoms with E-state index in [1.165, 1.54) is 26.3 Å². The van der Waals surface area contributed by atoms with Gasteiger partial charge in [0.15, 0.2) is 0 Å². The highest BCUT2D eigenvalue weighted by Crippen LogP contribution is 2.36. The van der Waals surface area contributed by atoms with Gasteiger partial charge < -0.3 is 14.2 Å². The molecule has 0 aliphatic rings. The predicted octanol–water partition coefficient (Wildman–Crippen LogP) is 6.13. The van der Waals surface area contributed by atoms with Gasteiger partial charge in [-0.3, -0.25) is 0 Å². The van der Waals surface area contributed by atoms with Gasteiger partial charge in [-0.05, 0) is 51.3 Å². The normalized spacial score (nSPS) is 11.6. The highest BCUT2D eigenvalue weighted by molar-refractivity contribution is 7.99. The van der Waals surface area contributed by atoms with Crippen LogP contribution in [0.3, 0.4) is 0 Å². The van der Waals surface area contributed by atoms with Crippen LogP contribution in [0.4, 0.5) is 4.79 Å². The minimum absolute atomic E-state index is 0.268. The minimum atomic E-state index is -0.465. The summed E-state index contributed by atoms with van der Waals surface area (Å²) in [6, 6.07) is 17.0. The molecule has 3 aromatic rings. The van der Waals surface area contributed by atoms with Crippen LogP contribution in [0.2, 0.25) is 0 Å². The average Bonchev–Trinajstić information content (AvgIpc) is 2.98. The Kier molecular flexibility index (Phi) is 6.58. The fourth-order valence-electron chi connectivity index (χ4n) is 3.25. The Bertz CT molecular complexity index is 988. The molecule has 0 spiro atoms. The van der Waals surface area contributed by atoms with Gasteiger partial charge >= 0.3 is 6.09 Å². The number of carbonyl (C=O) groups excluding carboxylic acids is 1. The molecular formula is C24H30N2O2S. The second-order valence-electron chi connectivity index (χ2n) is 8.34. The third-order valence-electron chi connectivity index (χ3n) is 4.70. The van der Waals surface area contributed by atoms with Crippen molar-refractivity contribution in [3.8, 4) is 0 Å². The molecule has 0 aliphatic heterocycles. The van der Waals surface area contributed by atoms with E-state index < -0.39 is 5.60 Å². The highest BCUT2D eigenvalue weighted by Gasteiger charge is 2.19. The molecule has 0 atom stereocenters. The lowest BCUT2D eigenvalue weighted by Crippen LogP contribution is -2.34. The number of fused-ring (bicyclic) bond motifs is 1. The molecule has 4 nitrogen and oxygen atoms in total. The molecule has 0 fully saturated rings. The van der Waals surface area contributed by atoms with E-state index in [0.29, 0.717) is 6.54 Å². The number of rotatable bonds is 6. The summed E-state index contributed by atoms with van der Waals surface area (Å²) >= 11 is 1.81. The van der Waals surface area contributed by atoms with E-state index in [-0.39, 0.29) is 6.09 Å². The molecule has 0 unspecified atom stereocenters. The zero-order chi connectivity index (χ0) is 21.0. The van der Waals surface area contributed by atoms with Crippen molar-refractivity contribution in [3.63, 3.8) is 0 Å². The van der Waals surface area contributed by atoms with Crippen LogP contribution in [0.25, 0.3) is 10.9 Å². The second-order valence-corrected chi connectivity index (χ2v) is 9.42. The van der Waals surface area contributed by atoms with Gasteiger partial charge in [-0.1, -0.05) is 48.2 Å². The molecule has 0 saturated heterocycles. The first kappa shape index (κ1) is 21.3. The molecule has 0 N–H and O–H groups in total. The Morgan fingerprint density at radius 2 is 1.76 bits per heavy atom. The molecule has 5 heteroatoms. The van der Waals surface area contributed by atoms with Gasteiger partial charge in [0.1, 0.15) is 5.60 Å². The van der Waals surface area contributed by atoms with E-state index in [1.807, 2.05) is 32.5 Å². The minimum Gasteiger partial charge on any atom is -0.444 e. The number of aryl methyl sites for hydroxylation is 2. The van der Waals surface area contributed by atoms with Crippen molar-refractivity contribution in [2.45, 2.75) is 49.0 Å². The summed E-state index contributed by atoms with van der Waals surface area (Å²) in [5, 5.41) is 1.28. The number of para-hydroxylation sites is 1. The van der Waals surface area contributed by atoms with Crippen molar-refractivity contribution < 1.29 is 9.53 Å². The van der Waals surface area contributed by atoms with Gasteiger partial charge in [0.05, 0.1) is 0 Å². The van der Waals surface area contributed by atoms with E-state index in [0.717, 1.165) is 12.8 Å². The molecule has 1 heterocycles. The first-order chi connectivity index (χ1) is 13.7. The largest absolute Gasteiger partial charge is 0.444 e. The highest BCUT2D eigenvalue weighted by atomic mass is 32.2. The first-order valence-corrected chi connectivity index (χ1v) is 10.8. The number of amides is 1. The number of benzene rings is 2. The van der Waals surface area contributed by atoms with Crippen molar-refractivity contribution in [1.29, 1.82) is 0 Å². The summed E-state index contributed by atoms with van der Waals surface area (Å²) in [6.45, 7) is 6.33. The Hall–Kier alpha value is -2.40. The van der Waals surface area contributed by atoms with Gasteiger partial charge in [0.25, 0.3) is 0 Å². The molecule has 1 amide bonds. The smallest absolute Gasteiger partial charge is 0.410 e. The molecule has 0 bridgehead atoms. The molecule has 3 rings (SSSR count). The summed E-state index contributed by atoms with van der Waals surface area (Å²) in [5.74, 6) is 0. The number of carbonyl (C=O) groups is 1. The van der Waals surface area contributed by atoms with Crippen LogP contribution in [0.5, 0.6) is 0 Å². The Morgan fingerprint density at radius 1 is 1.07 bits per heavy atom. The molecule has 2 aromatic carbocycles. The van der Waals surface area contributed by atoms with Crippen molar-refractivity contribution >= 4 is 28.8 Å². The van der Waals surface area contributed by atoms with Crippen molar-refractivity contribution in [3.05, 3.63) is 60.3 Å². The molecule has 0 saturated carbocycles. The maximum atomic E-state index is 12.1. The predicted molar refractivity (Wildman–Crippen MR) is 121 cm³/mol. The van der Waals surface area contributed by atoms with E-state index >= 15 is 0 Å². The molecule has 0 radical (unpaired) electrons. The summed E-state index contributed by atoms with van der Waals surface area (Å²) in [4.78, 5) is 16.3. The lowest BCUT2D eigenvalue weighted by atomic mass is 10.1. The third kappa shape index (κ3) is 5.57. The van der Waals surface area contributed by atoms with Crippen molar-refractivity contribution in [2.24, 2.45) is 7.05 Å². The van der Waals surface area contributed by atoms with Gasteiger partial charge in [-0.25, -0.2) is 4.79 Å². The van der Waals surface area contributed by atoms with Crippen LogP contribution < -0.4 is 0 Å². The summed E-state index contributed by atoms with van der Waals surface area (Å²) < 4.78 is 7.61. The number of ether oxygens (including phenoxy) is 1. The molecule has 154 valence electrons. The maximum absolute atomic E-state index is 12.1. The van der Waals surface area contributed by atoms with Crippen LogP contribution in [-0.4, -0.2) is 34.8 Å². The fourth-order valence-corrected chi connectivity index (χ4v) is 4.43. The van der Waals surface area contributed by atoms with Gasteiger partial charge in [-0.15, -0.1) is 0 Å². The number of hydrogen-bond acceptors (Lipinski definition) is 3. The molecular weight excluding hydrogens is 380 g/mol. The molecule has 29 heavy (non-hydrogen) atoms. The van der Waals surface area contributed by atoms with Crippen molar-refractivity contribution in [2.75, 3.05) is 13.6 Å². The molecule has 0 aliphatic carbocycles. The summed E-state index contributed by atoms with van der Waals surface area (Å²) in [5.41, 5.74) is 2.09. The summed E-state index contributed by atoms with van der Waals surface area (Å²) in [7, 11) is 3.88. The number of hydrogen-bond donors (Lipinski definition) is 0. The van der Waals surface area contributed by atoms with Crippen LogP contribution in [0, 0.1) is 0 Å². The first-order valence-electron chi connectivity index (χ1n) is 9.98. The fraction of sp³-hybridized carbons (Fsp3) is 0.375. The Morgan fingerprint density at radius 3 is 2.52 bits per heavy atom. The zero-order valence-corrected chi connectivity index (χ0v) is 18.8. The average molecular weight is 411 g/mol.